The number of para-hydroxylation sites is 1. The first-order valence-electron chi connectivity index (χ1n) is 8.09. The second kappa shape index (κ2) is 6.53. The number of carbonyl (C=O) groups is 1. The number of amides is 2. The molecule has 1 aromatic heterocycles. The molecule has 0 aliphatic carbocycles. The lowest BCUT2D eigenvalue weighted by molar-refractivity contribution is 0.262. The first-order valence-corrected chi connectivity index (χ1v) is 8.09. The fourth-order valence-corrected chi connectivity index (χ4v) is 2.84. The minimum atomic E-state index is -0.266. The predicted octanol–water partition coefficient (Wildman–Crippen LogP) is 5.48. The van der Waals surface area contributed by atoms with Crippen molar-refractivity contribution in [1.82, 2.24) is 4.98 Å². The van der Waals surface area contributed by atoms with E-state index < -0.39 is 0 Å². The fourth-order valence-electron chi connectivity index (χ4n) is 2.84. The number of anilines is 2. The van der Waals surface area contributed by atoms with Gasteiger partial charge in [-0.3, -0.25) is 0 Å². The van der Waals surface area contributed by atoms with Gasteiger partial charge in [-0.15, -0.1) is 0 Å². The molecule has 3 aromatic carbocycles. The number of hydrogen-bond donors (Lipinski definition) is 3. The van der Waals surface area contributed by atoms with Gasteiger partial charge in [-0.05, 0) is 29.3 Å². The molecule has 0 fully saturated rings. The Hall–Kier alpha value is -3.53. The van der Waals surface area contributed by atoms with Crippen molar-refractivity contribution in [2.24, 2.45) is 0 Å². The molecule has 1 heterocycles. The number of aromatic amines is 1. The summed E-state index contributed by atoms with van der Waals surface area (Å²) >= 11 is 0. The summed E-state index contributed by atoms with van der Waals surface area (Å²) in [5.41, 5.74) is 4.76. The molecule has 0 aliphatic heterocycles. The molecule has 2 amide bonds. The summed E-state index contributed by atoms with van der Waals surface area (Å²) in [5.74, 6) is 0. The van der Waals surface area contributed by atoms with Crippen molar-refractivity contribution >= 4 is 28.3 Å². The number of rotatable bonds is 3. The summed E-state index contributed by atoms with van der Waals surface area (Å²) in [6.07, 6.45) is 1.79. The number of hydrogen-bond acceptors (Lipinski definition) is 1. The third kappa shape index (κ3) is 3.23. The third-order valence-corrected chi connectivity index (χ3v) is 4.09. The van der Waals surface area contributed by atoms with Gasteiger partial charge in [0.2, 0.25) is 0 Å². The molecule has 0 atom stereocenters. The molecule has 122 valence electrons. The Morgan fingerprint density at radius 2 is 1.40 bits per heavy atom. The van der Waals surface area contributed by atoms with Crippen molar-refractivity contribution in [2.75, 3.05) is 10.6 Å². The number of fused-ring (bicyclic) bond motifs is 1. The molecule has 0 saturated carbocycles. The topological polar surface area (TPSA) is 56.9 Å². The normalized spacial score (nSPS) is 10.6. The van der Waals surface area contributed by atoms with E-state index in [0.717, 1.165) is 33.4 Å². The van der Waals surface area contributed by atoms with Crippen molar-refractivity contribution in [3.05, 3.63) is 85.1 Å². The maximum Gasteiger partial charge on any atom is 0.323 e. The van der Waals surface area contributed by atoms with Crippen molar-refractivity contribution in [3.8, 4) is 11.1 Å². The van der Waals surface area contributed by atoms with Gasteiger partial charge in [-0.2, -0.15) is 0 Å². The van der Waals surface area contributed by atoms with Crippen LogP contribution in [0.1, 0.15) is 0 Å². The molecule has 0 aliphatic rings. The molecule has 0 saturated heterocycles. The molecule has 0 radical (unpaired) electrons. The number of nitrogens with one attached hydrogen (secondary N) is 3. The summed E-state index contributed by atoms with van der Waals surface area (Å²) in [6.45, 7) is 0. The summed E-state index contributed by atoms with van der Waals surface area (Å²) in [6, 6.07) is 25.5. The molecule has 4 rings (SSSR count). The summed E-state index contributed by atoms with van der Waals surface area (Å²) in [7, 11) is 0. The monoisotopic (exact) mass is 327 g/mol. The summed E-state index contributed by atoms with van der Waals surface area (Å²) in [5, 5.41) is 6.72. The maximum absolute atomic E-state index is 12.2. The highest BCUT2D eigenvalue weighted by Crippen LogP contribution is 2.23. The van der Waals surface area contributed by atoms with Crippen LogP contribution >= 0.6 is 0 Å². The Morgan fingerprint density at radius 3 is 2.20 bits per heavy atom. The molecule has 4 nitrogen and oxygen atoms in total. The van der Waals surface area contributed by atoms with E-state index in [1.54, 1.807) is 6.20 Å². The maximum atomic E-state index is 12.2. The van der Waals surface area contributed by atoms with Crippen LogP contribution in [0.5, 0.6) is 0 Å². The zero-order chi connectivity index (χ0) is 17.1. The number of aromatic nitrogens is 1. The van der Waals surface area contributed by atoms with Crippen LogP contribution in [0, 0.1) is 0 Å². The van der Waals surface area contributed by atoms with Crippen LogP contribution in [-0.2, 0) is 0 Å². The Balaban J connectivity index is 1.46. The average Bonchev–Trinajstić information content (AvgIpc) is 3.06. The van der Waals surface area contributed by atoms with Crippen LogP contribution in [0.4, 0.5) is 16.2 Å². The van der Waals surface area contributed by atoms with Crippen molar-refractivity contribution in [2.45, 2.75) is 0 Å². The smallest absolute Gasteiger partial charge is 0.323 e. The largest absolute Gasteiger partial charge is 0.359 e. The van der Waals surface area contributed by atoms with Crippen LogP contribution in [-0.4, -0.2) is 11.0 Å². The van der Waals surface area contributed by atoms with E-state index in [-0.39, 0.29) is 6.03 Å². The zero-order valence-corrected chi connectivity index (χ0v) is 13.5. The van der Waals surface area contributed by atoms with E-state index in [4.69, 9.17) is 0 Å². The SMILES string of the molecule is O=C(Nc1ccc(-c2ccccc2)cc1)Nc1c[nH]c2ccccc12. The van der Waals surface area contributed by atoms with Gasteiger partial charge < -0.3 is 15.6 Å². The highest BCUT2D eigenvalue weighted by molar-refractivity contribution is 6.05. The minimum absolute atomic E-state index is 0.266. The molecule has 3 N–H and O–H groups in total. The summed E-state index contributed by atoms with van der Waals surface area (Å²) in [4.78, 5) is 15.4. The second-order valence-corrected chi connectivity index (χ2v) is 5.77. The average molecular weight is 327 g/mol. The Kier molecular flexibility index (Phi) is 3.92. The number of carbonyl (C=O) groups excluding carboxylic acids is 1. The van der Waals surface area contributed by atoms with Crippen LogP contribution in [0.2, 0.25) is 0 Å². The number of urea groups is 1. The molecule has 0 bridgehead atoms. The Bertz CT molecular complexity index is 1000. The predicted molar refractivity (Wildman–Crippen MR) is 103 cm³/mol. The van der Waals surface area contributed by atoms with Gasteiger partial charge >= 0.3 is 6.03 Å². The number of H-pyrrole nitrogens is 1. The van der Waals surface area contributed by atoms with Crippen molar-refractivity contribution < 1.29 is 4.79 Å². The lowest BCUT2D eigenvalue weighted by Crippen LogP contribution is -2.19. The van der Waals surface area contributed by atoms with Crippen molar-refractivity contribution in [1.29, 1.82) is 0 Å². The minimum Gasteiger partial charge on any atom is -0.359 e. The van der Waals surface area contributed by atoms with E-state index in [1.807, 2.05) is 66.7 Å². The van der Waals surface area contributed by atoms with Gasteiger partial charge in [0.05, 0.1) is 5.69 Å². The second-order valence-electron chi connectivity index (χ2n) is 5.77. The molecular weight excluding hydrogens is 310 g/mol. The highest BCUT2D eigenvalue weighted by atomic mass is 16.2. The van der Waals surface area contributed by atoms with E-state index >= 15 is 0 Å². The van der Waals surface area contributed by atoms with Crippen LogP contribution < -0.4 is 10.6 Å². The molecule has 0 unspecified atom stereocenters. The van der Waals surface area contributed by atoms with E-state index in [1.165, 1.54) is 0 Å². The van der Waals surface area contributed by atoms with Gasteiger partial charge in [0.1, 0.15) is 0 Å². The summed E-state index contributed by atoms with van der Waals surface area (Å²) < 4.78 is 0. The van der Waals surface area contributed by atoms with Gasteiger partial charge in [0.15, 0.2) is 0 Å². The first-order chi connectivity index (χ1) is 12.3. The van der Waals surface area contributed by atoms with Crippen LogP contribution in [0.15, 0.2) is 85.1 Å². The Morgan fingerprint density at radius 1 is 0.720 bits per heavy atom. The quantitative estimate of drug-likeness (QED) is 0.458. The van der Waals surface area contributed by atoms with Crippen LogP contribution in [0.25, 0.3) is 22.0 Å². The van der Waals surface area contributed by atoms with Crippen molar-refractivity contribution in [3.63, 3.8) is 0 Å². The molecular formula is C21H17N3O. The lowest BCUT2D eigenvalue weighted by Gasteiger charge is -2.08. The van der Waals surface area contributed by atoms with E-state index in [0.29, 0.717) is 0 Å². The highest BCUT2D eigenvalue weighted by Gasteiger charge is 2.07. The molecule has 4 heteroatoms. The third-order valence-electron chi connectivity index (χ3n) is 4.09. The number of benzene rings is 3. The van der Waals surface area contributed by atoms with Crippen LogP contribution in [0.3, 0.4) is 0 Å². The fraction of sp³-hybridized carbons (Fsp3) is 0. The molecule has 0 spiro atoms. The van der Waals surface area contributed by atoms with Gasteiger partial charge in [-0.25, -0.2) is 4.79 Å². The van der Waals surface area contributed by atoms with Gasteiger partial charge in [0, 0.05) is 22.8 Å². The van der Waals surface area contributed by atoms with E-state index in [9.17, 15) is 4.79 Å². The standard InChI is InChI=1S/C21H17N3O/c25-21(24-20-14-22-19-9-5-4-8-18(19)20)23-17-12-10-16(11-13-17)15-6-2-1-3-7-15/h1-14,22H,(H2,23,24,25). The molecule has 4 aromatic rings. The van der Waals surface area contributed by atoms with Gasteiger partial charge in [-0.1, -0.05) is 60.7 Å². The zero-order valence-electron chi connectivity index (χ0n) is 13.5. The van der Waals surface area contributed by atoms with E-state index in [2.05, 4.69) is 27.8 Å². The molecule has 25 heavy (non-hydrogen) atoms. The Labute approximate surface area is 145 Å². The van der Waals surface area contributed by atoms with Gasteiger partial charge in [0.25, 0.3) is 0 Å². The first kappa shape index (κ1) is 15.0. The lowest BCUT2D eigenvalue weighted by atomic mass is 10.1.